The zero-order valence-electron chi connectivity index (χ0n) is 8.93. The summed E-state index contributed by atoms with van der Waals surface area (Å²) in [6, 6.07) is 0. The second-order valence-electron chi connectivity index (χ2n) is 4.00. The van der Waals surface area contributed by atoms with Crippen LogP contribution in [0.5, 0.6) is 0 Å². The van der Waals surface area contributed by atoms with E-state index in [2.05, 4.69) is 13.3 Å². The van der Waals surface area contributed by atoms with Gasteiger partial charge in [-0.3, -0.25) is 0 Å². The van der Waals surface area contributed by atoms with E-state index >= 15 is 0 Å². The second kappa shape index (κ2) is 7.37. The normalized spacial score (nSPS) is 21.0. The van der Waals surface area contributed by atoms with Gasteiger partial charge in [-0.15, -0.1) is 0 Å². The van der Waals surface area contributed by atoms with Crippen molar-refractivity contribution in [3.05, 3.63) is 6.42 Å². The highest BCUT2D eigenvalue weighted by Gasteiger charge is 2.10. The van der Waals surface area contributed by atoms with E-state index in [1.165, 1.54) is 51.4 Å². The Morgan fingerprint density at radius 1 is 1.23 bits per heavy atom. The molecule has 0 aliphatic heterocycles. The average molecular weight is 183 g/mol. The van der Waals surface area contributed by atoms with Crippen LogP contribution in [0.2, 0.25) is 0 Å². The molecule has 0 spiro atoms. The van der Waals surface area contributed by atoms with Crippen molar-refractivity contribution in [3.8, 4) is 0 Å². The molecule has 1 saturated carbocycles. The fourth-order valence-electron chi connectivity index (χ4n) is 1.83. The summed E-state index contributed by atoms with van der Waals surface area (Å²) < 4.78 is 5.85. The molecule has 0 unspecified atom stereocenters. The molecule has 0 aromatic heterocycles. The van der Waals surface area contributed by atoms with E-state index in [4.69, 9.17) is 4.74 Å². The van der Waals surface area contributed by atoms with Crippen molar-refractivity contribution >= 4 is 0 Å². The Morgan fingerprint density at radius 3 is 2.54 bits per heavy atom. The predicted octanol–water partition coefficient (Wildman–Crippen LogP) is 3.73. The molecule has 1 aliphatic carbocycles. The molecule has 1 rings (SSSR count). The maximum Gasteiger partial charge on any atom is 0.0575 e. The third kappa shape index (κ3) is 5.30. The standard InChI is InChI=1S/C12H23O/c1-2-3-11-13-12-9-7-5-4-6-8-10-12/h4,12H,2-3,5-11H2,1H3. The topological polar surface area (TPSA) is 9.23 Å². The molecule has 0 saturated heterocycles. The maximum atomic E-state index is 5.85. The molecular formula is C12H23O. The third-order valence-electron chi connectivity index (χ3n) is 2.72. The summed E-state index contributed by atoms with van der Waals surface area (Å²) >= 11 is 0. The van der Waals surface area contributed by atoms with Gasteiger partial charge in [-0.1, -0.05) is 39.0 Å². The van der Waals surface area contributed by atoms with Crippen molar-refractivity contribution < 1.29 is 4.74 Å². The van der Waals surface area contributed by atoms with Crippen LogP contribution in [-0.2, 0) is 4.74 Å². The van der Waals surface area contributed by atoms with Crippen molar-refractivity contribution in [1.82, 2.24) is 0 Å². The summed E-state index contributed by atoms with van der Waals surface area (Å²) in [6.45, 7) is 3.20. The van der Waals surface area contributed by atoms with Gasteiger partial charge in [-0.05, 0) is 25.7 Å². The van der Waals surface area contributed by atoms with Crippen LogP contribution >= 0.6 is 0 Å². The molecule has 1 aliphatic rings. The monoisotopic (exact) mass is 183 g/mol. The molecule has 13 heavy (non-hydrogen) atoms. The first-order chi connectivity index (χ1) is 6.43. The summed E-state index contributed by atoms with van der Waals surface area (Å²) in [6.07, 6.45) is 13.3. The number of rotatable bonds is 4. The molecule has 0 N–H and O–H groups in total. The van der Waals surface area contributed by atoms with Crippen LogP contribution in [0, 0.1) is 6.42 Å². The lowest BCUT2D eigenvalue weighted by atomic mass is 9.98. The van der Waals surface area contributed by atoms with Gasteiger partial charge in [0.1, 0.15) is 0 Å². The van der Waals surface area contributed by atoms with Crippen LogP contribution in [0.25, 0.3) is 0 Å². The lowest BCUT2D eigenvalue weighted by molar-refractivity contribution is 0.0356. The Kier molecular flexibility index (Phi) is 6.26. The molecule has 0 bridgehead atoms. The van der Waals surface area contributed by atoms with E-state index in [-0.39, 0.29) is 0 Å². The molecule has 0 aromatic carbocycles. The van der Waals surface area contributed by atoms with E-state index in [1.54, 1.807) is 0 Å². The highest BCUT2D eigenvalue weighted by Crippen LogP contribution is 2.18. The molecule has 77 valence electrons. The van der Waals surface area contributed by atoms with E-state index in [0.29, 0.717) is 6.10 Å². The highest BCUT2D eigenvalue weighted by atomic mass is 16.5. The first-order valence-corrected chi connectivity index (χ1v) is 5.86. The first-order valence-electron chi connectivity index (χ1n) is 5.86. The van der Waals surface area contributed by atoms with Gasteiger partial charge in [0.15, 0.2) is 0 Å². The van der Waals surface area contributed by atoms with Crippen molar-refractivity contribution in [2.45, 2.75) is 64.4 Å². The Balaban J connectivity index is 2.06. The number of ether oxygens (including phenoxy) is 1. The van der Waals surface area contributed by atoms with Crippen LogP contribution in [0.15, 0.2) is 0 Å². The number of hydrogen-bond donors (Lipinski definition) is 0. The van der Waals surface area contributed by atoms with Crippen molar-refractivity contribution in [2.24, 2.45) is 0 Å². The van der Waals surface area contributed by atoms with Gasteiger partial charge >= 0.3 is 0 Å². The van der Waals surface area contributed by atoms with E-state index in [0.717, 1.165) is 6.61 Å². The van der Waals surface area contributed by atoms with E-state index in [1.807, 2.05) is 0 Å². The Hall–Kier alpha value is -0.0400. The Bertz CT molecular complexity index is 104. The average Bonchev–Trinajstić information content (AvgIpc) is 2.08. The van der Waals surface area contributed by atoms with Crippen LogP contribution < -0.4 is 0 Å². The number of hydrogen-bond acceptors (Lipinski definition) is 1. The fourth-order valence-corrected chi connectivity index (χ4v) is 1.83. The fraction of sp³-hybridized carbons (Fsp3) is 0.917. The van der Waals surface area contributed by atoms with Crippen molar-refractivity contribution in [3.63, 3.8) is 0 Å². The lowest BCUT2D eigenvalue weighted by Crippen LogP contribution is -2.15. The van der Waals surface area contributed by atoms with E-state index in [9.17, 15) is 0 Å². The minimum absolute atomic E-state index is 0.570. The molecule has 1 nitrogen and oxygen atoms in total. The van der Waals surface area contributed by atoms with Crippen molar-refractivity contribution in [2.75, 3.05) is 6.61 Å². The molecule has 1 radical (unpaired) electrons. The molecule has 0 amide bonds. The minimum atomic E-state index is 0.570. The largest absolute Gasteiger partial charge is 0.378 e. The van der Waals surface area contributed by atoms with Crippen LogP contribution in [0.4, 0.5) is 0 Å². The lowest BCUT2D eigenvalue weighted by Gasteiger charge is -2.19. The van der Waals surface area contributed by atoms with Gasteiger partial charge < -0.3 is 4.74 Å². The third-order valence-corrected chi connectivity index (χ3v) is 2.72. The SMILES string of the molecule is CCCCOC1CCC[CH]CCC1. The highest BCUT2D eigenvalue weighted by molar-refractivity contribution is 4.72. The van der Waals surface area contributed by atoms with Gasteiger partial charge in [-0.2, -0.15) is 0 Å². The smallest absolute Gasteiger partial charge is 0.0575 e. The molecule has 1 fully saturated rings. The summed E-state index contributed by atoms with van der Waals surface area (Å²) in [5.74, 6) is 0. The first kappa shape index (κ1) is 11.0. The molecular weight excluding hydrogens is 160 g/mol. The van der Waals surface area contributed by atoms with E-state index < -0.39 is 0 Å². The molecule has 0 atom stereocenters. The van der Waals surface area contributed by atoms with Crippen LogP contribution in [-0.4, -0.2) is 12.7 Å². The van der Waals surface area contributed by atoms with Crippen LogP contribution in [0.1, 0.15) is 58.3 Å². The summed E-state index contributed by atoms with van der Waals surface area (Å²) in [5, 5.41) is 0. The molecule has 0 heterocycles. The van der Waals surface area contributed by atoms with Crippen molar-refractivity contribution in [1.29, 1.82) is 0 Å². The van der Waals surface area contributed by atoms with Crippen LogP contribution in [0.3, 0.4) is 0 Å². The Labute approximate surface area is 82.9 Å². The minimum Gasteiger partial charge on any atom is -0.378 e. The predicted molar refractivity (Wildman–Crippen MR) is 56.7 cm³/mol. The van der Waals surface area contributed by atoms with Gasteiger partial charge in [0.25, 0.3) is 0 Å². The number of unbranched alkanes of at least 4 members (excludes halogenated alkanes) is 1. The second-order valence-corrected chi connectivity index (χ2v) is 4.00. The summed E-state index contributed by atoms with van der Waals surface area (Å²) in [7, 11) is 0. The molecule has 0 aromatic rings. The zero-order valence-corrected chi connectivity index (χ0v) is 8.93. The Morgan fingerprint density at radius 2 is 1.92 bits per heavy atom. The summed E-state index contributed by atoms with van der Waals surface area (Å²) in [5.41, 5.74) is 0. The molecule has 1 heteroatoms. The van der Waals surface area contributed by atoms with Gasteiger partial charge in [0.2, 0.25) is 0 Å². The van der Waals surface area contributed by atoms with Gasteiger partial charge in [-0.25, -0.2) is 0 Å². The maximum absolute atomic E-state index is 5.85. The summed E-state index contributed by atoms with van der Waals surface area (Å²) in [4.78, 5) is 0. The van der Waals surface area contributed by atoms with Gasteiger partial charge in [0.05, 0.1) is 6.10 Å². The quantitative estimate of drug-likeness (QED) is 0.603. The zero-order chi connectivity index (χ0) is 9.36. The van der Waals surface area contributed by atoms with Gasteiger partial charge in [0, 0.05) is 6.61 Å².